The van der Waals surface area contributed by atoms with Gasteiger partial charge in [-0.15, -0.1) is 0 Å². The maximum atomic E-state index is 11.9. The highest BCUT2D eigenvalue weighted by atomic mass is 32.2. The Morgan fingerprint density at radius 1 is 1.27 bits per heavy atom. The fourth-order valence-electron chi connectivity index (χ4n) is 1.03. The van der Waals surface area contributed by atoms with Crippen LogP contribution in [0.25, 0.3) is 0 Å². The first-order chi connectivity index (χ1) is 7.04. The zero-order chi connectivity index (χ0) is 11.7. The third-order valence-electron chi connectivity index (χ3n) is 1.53. The molecule has 90 valence electrons. The van der Waals surface area contributed by atoms with Gasteiger partial charge in [-0.25, -0.2) is 0 Å². The van der Waals surface area contributed by atoms with Crippen LogP contribution in [-0.4, -0.2) is 30.2 Å². The van der Waals surface area contributed by atoms with Crippen LogP contribution in [0.2, 0.25) is 0 Å². The average Bonchev–Trinajstić information content (AvgIpc) is 2.13. The summed E-state index contributed by atoms with van der Waals surface area (Å²) in [5.74, 6) is 0.666. The first kappa shape index (κ1) is 15.2. The molecule has 0 amide bonds. The van der Waals surface area contributed by atoms with Crippen molar-refractivity contribution in [2.75, 3.05) is 25.1 Å². The van der Waals surface area contributed by atoms with E-state index in [1.807, 2.05) is 0 Å². The van der Waals surface area contributed by atoms with E-state index in [0.717, 1.165) is 0 Å². The third kappa shape index (κ3) is 8.03. The summed E-state index contributed by atoms with van der Waals surface area (Å²) in [6.45, 7) is 5.87. The van der Waals surface area contributed by atoms with Crippen LogP contribution in [-0.2, 0) is 18.4 Å². The smallest absolute Gasteiger partial charge is 0.309 e. The molecular formula is C9H19O4PS. The molecular weight excluding hydrogens is 235 g/mol. The van der Waals surface area contributed by atoms with Crippen molar-refractivity contribution in [3.05, 3.63) is 0 Å². The molecule has 0 N–H and O–H groups in total. The molecule has 0 fully saturated rings. The Morgan fingerprint density at radius 2 is 1.80 bits per heavy atom. The van der Waals surface area contributed by atoms with Crippen molar-refractivity contribution in [3.8, 4) is 0 Å². The van der Waals surface area contributed by atoms with Crippen LogP contribution in [0.1, 0.15) is 27.2 Å². The number of carbonyl (C=O) groups excluding carboxylic acids is 1. The maximum absolute atomic E-state index is 11.9. The van der Waals surface area contributed by atoms with Crippen molar-refractivity contribution in [1.29, 1.82) is 0 Å². The van der Waals surface area contributed by atoms with E-state index in [0.29, 0.717) is 31.5 Å². The van der Waals surface area contributed by atoms with Gasteiger partial charge in [-0.1, -0.05) is 11.8 Å². The number of thioether (sulfide) groups is 1. The molecule has 0 rings (SSSR count). The predicted molar refractivity (Wildman–Crippen MR) is 63.5 cm³/mol. The summed E-state index contributed by atoms with van der Waals surface area (Å²) >= 11 is 1.24. The molecule has 15 heavy (non-hydrogen) atoms. The Morgan fingerprint density at radius 3 is 2.20 bits per heavy atom. The van der Waals surface area contributed by atoms with Gasteiger partial charge in [0.15, 0.2) is 5.12 Å². The van der Waals surface area contributed by atoms with E-state index >= 15 is 0 Å². The van der Waals surface area contributed by atoms with Crippen molar-refractivity contribution >= 4 is 24.5 Å². The summed E-state index contributed by atoms with van der Waals surface area (Å²) in [6.07, 6.45) is 1.05. The minimum atomic E-state index is -2.90. The summed E-state index contributed by atoms with van der Waals surface area (Å²) in [5, 5.41) is 0.0812. The Kier molecular flexibility index (Phi) is 8.43. The Hall–Kier alpha value is 0.170. The minimum Gasteiger partial charge on any atom is -0.309 e. The summed E-state index contributed by atoms with van der Waals surface area (Å²) in [7, 11) is -2.90. The maximum Gasteiger partial charge on any atom is 0.330 e. The van der Waals surface area contributed by atoms with Gasteiger partial charge < -0.3 is 9.05 Å². The summed E-state index contributed by atoms with van der Waals surface area (Å²) in [6, 6.07) is 0. The number of rotatable bonds is 8. The first-order valence-corrected chi connectivity index (χ1v) is 7.77. The molecule has 0 aromatic rings. The van der Waals surface area contributed by atoms with Gasteiger partial charge in [-0.05, 0) is 20.3 Å². The van der Waals surface area contributed by atoms with Gasteiger partial charge in [0.25, 0.3) is 0 Å². The summed E-state index contributed by atoms with van der Waals surface area (Å²) in [4.78, 5) is 10.7. The monoisotopic (exact) mass is 254 g/mol. The zero-order valence-corrected chi connectivity index (χ0v) is 11.2. The van der Waals surface area contributed by atoms with E-state index in [1.54, 1.807) is 13.8 Å². The Labute approximate surface area is 95.6 Å². The van der Waals surface area contributed by atoms with Crippen molar-refractivity contribution in [2.24, 2.45) is 0 Å². The van der Waals surface area contributed by atoms with Gasteiger partial charge >= 0.3 is 7.60 Å². The van der Waals surface area contributed by atoms with Crippen molar-refractivity contribution in [1.82, 2.24) is 0 Å². The molecule has 0 saturated heterocycles. The summed E-state index contributed by atoms with van der Waals surface area (Å²) in [5.41, 5.74) is 0. The van der Waals surface area contributed by atoms with Crippen LogP contribution in [0.3, 0.4) is 0 Å². The van der Waals surface area contributed by atoms with Gasteiger partial charge in [-0.3, -0.25) is 9.36 Å². The van der Waals surface area contributed by atoms with E-state index in [2.05, 4.69) is 0 Å². The van der Waals surface area contributed by atoms with Gasteiger partial charge in [0.2, 0.25) is 0 Å². The highest BCUT2D eigenvalue weighted by Crippen LogP contribution is 2.48. The third-order valence-corrected chi connectivity index (χ3v) is 4.60. The molecule has 0 aliphatic rings. The molecule has 0 aromatic carbocycles. The zero-order valence-electron chi connectivity index (χ0n) is 9.52. The Bertz CT molecular complexity index is 222. The molecule has 6 heteroatoms. The lowest BCUT2D eigenvalue weighted by Gasteiger charge is -2.16. The van der Waals surface area contributed by atoms with Gasteiger partial charge in [-0.2, -0.15) is 0 Å². The Balaban J connectivity index is 3.85. The lowest BCUT2D eigenvalue weighted by atomic mass is 10.6. The lowest BCUT2D eigenvalue weighted by Crippen LogP contribution is -2.01. The van der Waals surface area contributed by atoms with Crippen molar-refractivity contribution in [3.63, 3.8) is 0 Å². The van der Waals surface area contributed by atoms with E-state index in [4.69, 9.17) is 9.05 Å². The van der Waals surface area contributed by atoms with Gasteiger partial charge in [0.05, 0.1) is 19.4 Å². The normalized spacial score (nSPS) is 11.7. The number of hydrogen-bond donors (Lipinski definition) is 0. The standard InChI is InChI=1S/C9H19O4PS/c1-4-12-14(11,13-5-2)7-6-8-15-9(3)10/h4-8H2,1-3H3. The molecule has 0 aliphatic carbocycles. The van der Waals surface area contributed by atoms with Crippen LogP contribution >= 0.6 is 19.4 Å². The van der Waals surface area contributed by atoms with Gasteiger partial charge in [0, 0.05) is 12.7 Å². The first-order valence-electron chi connectivity index (χ1n) is 5.05. The molecule has 4 nitrogen and oxygen atoms in total. The number of carbonyl (C=O) groups is 1. The molecule has 0 unspecified atom stereocenters. The molecule has 0 saturated carbocycles. The molecule has 0 aromatic heterocycles. The van der Waals surface area contributed by atoms with Crippen LogP contribution in [0.4, 0.5) is 0 Å². The van der Waals surface area contributed by atoms with Gasteiger partial charge in [0.1, 0.15) is 0 Å². The van der Waals surface area contributed by atoms with Crippen LogP contribution in [0.15, 0.2) is 0 Å². The molecule has 0 spiro atoms. The number of hydrogen-bond acceptors (Lipinski definition) is 5. The van der Waals surface area contributed by atoms with Crippen LogP contribution in [0.5, 0.6) is 0 Å². The SMILES string of the molecule is CCOP(=O)(CCCSC(C)=O)OCC. The molecule has 0 bridgehead atoms. The second kappa shape index (κ2) is 8.34. The quantitative estimate of drug-likeness (QED) is 0.492. The minimum absolute atomic E-state index is 0.0812. The van der Waals surface area contributed by atoms with E-state index in [9.17, 15) is 9.36 Å². The van der Waals surface area contributed by atoms with E-state index in [-0.39, 0.29) is 5.12 Å². The second-order valence-corrected chi connectivity index (χ2v) is 6.32. The van der Waals surface area contributed by atoms with Crippen LogP contribution < -0.4 is 0 Å². The highest BCUT2D eigenvalue weighted by Gasteiger charge is 2.22. The molecule has 0 heterocycles. The van der Waals surface area contributed by atoms with Crippen molar-refractivity contribution < 1.29 is 18.4 Å². The predicted octanol–water partition coefficient (Wildman–Crippen LogP) is 2.92. The van der Waals surface area contributed by atoms with E-state index in [1.165, 1.54) is 18.7 Å². The second-order valence-electron chi connectivity index (χ2n) is 2.86. The average molecular weight is 254 g/mol. The fourth-order valence-corrected chi connectivity index (χ4v) is 3.49. The lowest BCUT2D eigenvalue weighted by molar-refractivity contribution is -0.109. The molecule has 0 radical (unpaired) electrons. The summed E-state index contributed by atoms with van der Waals surface area (Å²) < 4.78 is 22.2. The van der Waals surface area contributed by atoms with Crippen molar-refractivity contribution in [2.45, 2.75) is 27.2 Å². The highest BCUT2D eigenvalue weighted by molar-refractivity contribution is 8.13. The van der Waals surface area contributed by atoms with E-state index < -0.39 is 7.60 Å². The topological polar surface area (TPSA) is 52.6 Å². The fraction of sp³-hybridized carbons (Fsp3) is 0.889. The largest absolute Gasteiger partial charge is 0.330 e. The molecule has 0 atom stereocenters. The van der Waals surface area contributed by atoms with Crippen LogP contribution in [0, 0.1) is 0 Å². The molecule has 0 aliphatic heterocycles.